The Morgan fingerprint density at radius 1 is 1.83 bits per heavy atom. The van der Waals surface area contributed by atoms with E-state index in [0.717, 1.165) is 11.3 Å². The second-order valence-electron chi connectivity index (χ2n) is 0.935. The first-order chi connectivity index (χ1) is 2.89. The van der Waals surface area contributed by atoms with E-state index in [1.807, 2.05) is 0 Å². The number of rotatable bonds is 0. The zero-order valence-electron chi connectivity index (χ0n) is 3.09. The first kappa shape index (κ1) is 4.03. The molecule has 0 saturated heterocycles. The van der Waals surface area contributed by atoms with Crippen LogP contribution in [0.25, 0.3) is 0 Å². The van der Waals surface area contributed by atoms with Gasteiger partial charge in [0.15, 0.2) is 0 Å². The molecule has 0 fully saturated rings. The molecule has 0 aromatic rings. The molecule has 0 amide bonds. The van der Waals surface area contributed by atoms with Crippen molar-refractivity contribution in [3.8, 4) is 0 Å². The zero-order chi connectivity index (χ0) is 4.41. The molecule has 0 unspecified atom stereocenters. The Morgan fingerprint density at radius 3 is 2.83 bits per heavy atom. The van der Waals surface area contributed by atoms with Crippen molar-refractivity contribution in [1.82, 2.24) is 0 Å². The van der Waals surface area contributed by atoms with E-state index in [0.29, 0.717) is 0 Å². The van der Waals surface area contributed by atoms with Crippen molar-refractivity contribution in [2.75, 3.05) is 6.54 Å². The van der Waals surface area contributed by atoms with Gasteiger partial charge in [-0.15, -0.1) is 0 Å². The molecule has 6 heavy (non-hydrogen) atoms. The summed E-state index contributed by atoms with van der Waals surface area (Å²) in [7, 11) is 0. The molecule has 0 saturated carbocycles. The Morgan fingerprint density at radius 2 is 2.67 bits per heavy atom. The number of aliphatic imine (C=N–C) groups is 2. The molecule has 0 aromatic heterocycles. The van der Waals surface area contributed by atoms with Crippen LogP contribution in [-0.4, -0.2) is 33.5 Å². The van der Waals surface area contributed by atoms with Crippen molar-refractivity contribution in [2.24, 2.45) is 9.98 Å². The van der Waals surface area contributed by atoms with Crippen molar-refractivity contribution in [3.63, 3.8) is 0 Å². The van der Waals surface area contributed by atoms with Crippen LogP contribution in [0.5, 0.6) is 0 Å². The predicted octanol–water partition coefficient (Wildman–Crippen LogP) is -0.405. The van der Waals surface area contributed by atoms with Crippen LogP contribution < -0.4 is 0 Å². The first-order valence-electron chi connectivity index (χ1n) is 1.63. The Balaban J connectivity index is 2.68. The zero-order valence-corrected chi connectivity index (χ0v) is 4.80. The van der Waals surface area contributed by atoms with E-state index in [4.69, 9.17) is 0 Å². The first-order valence-corrected chi connectivity index (χ1v) is 2.49. The van der Waals surface area contributed by atoms with Gasteiger partial charge in [-0.05, 0) is 0 Å². The minimum atomic E-state index is 0.752. The van der Waals surface area contributed by atoms with Crippen molar-refractivity contribution in [1.29, 1.82) is 0 Å². The van der Waals surface area contributed by atoms with E-state index in [1.165, 1.54) is 0 Å². The SMILES string of the molecule is [Se]C1=NCC=N1. The van der Waals surface area contributed by atoms with Gasteiger partial charge in [-0.2, -0.15) is 0 Å². The molecule has 0 N–H and O–H groups in total. The van der Waals surface area contributed by atoms with E-state index in [1.54, 1.807) is 6.21 Å². The second kappa shape index (κ2) is 1.54. The minimum absolute atomic E-state index is 0.752. The van der Waals surface area contributed by atoms with Gasteiger partial charge in [0.1, 0.15) is 0 Å². The predicted molar refractivity (Wildman–Crippen MR) is 26.5 cm³/mol. The molecule has 0 atom stereocenters. The van der Waals surface area contributed by atoms with Crippen molar-refractivity contribution < 1.29 is 0 Å². The summed E-state index contributed by atoms with van der Waals surface area (Å²) < 4.78 is 0.773. The fourth-order valence-corrected chi connectivity index (χ4v) is 0.591. The summed E-state index contributed by atoms with van der Waals surface area (Å²) in [5, 5.41) is 0. The summed E-state index contributed by atoms with van der Waals surface area (Å²) in [6.45, 7) is 0.752. The number of nitrogens with zero attached hydrogens (tertiary/aromatic N) is 2. The third kappa shape index (κ3) is 0.671. The quantitative estimate of drug-likeness (QED) is 0.415. The molecular weight excluding hydrogens is 143 g/mol. The van der Waals surface area contributed by atoms with E-state index in [-0.39, 0.29) is 0 Å². The average Bonchev–Trinajstić information content (AvgIpc) is 1.86. The molecule has 3 heteroatoms. The Hall–Kier alpha value is -0.141. The summed E-state index contributed by atoms with van der Waals surface area (Å²) >= 11 is 2.69. The molecular formula is C3H3N2Se. The molecule has 31 valence electrons. The topological polar surface area (TPSA) is 24.7 Å². The van der Waals surface area contributed by atoms with Crippen LogP contribution in [0.4, 0.5) is 0 Å². The fraction of sp³-hybridized carbons (Fsp3) is 0.333. The van der Waals surface area contributed by atoms with Gasteiger partial charge in [-0.3, -0.25) is 0 Å². The van der Waals surface area contributed by atoms with Gasteiger partial charge in [0, 0.05) is 0 Å². The summed E-state index contributed by atoms with van der Waals surface area (Å²) in [6, 6.07) is 0. The van der Waals surface area contributed by atoms with Gasteiger partial charge in [0.05, 0.1) is 0 Å². The molecule has 0 bridgehead atoms. The third-order valence-corrected chi connectivity index (χ3v) is 1.00. The standard InChI is InChI=1S/C3H3N2Se/c6-3-4-1-2-5-3/h1H,2H2. The Bertz CT molecular complexity index is 103. The molecule has 0 spiro atoms. The van der Waals surface area contributed by atoms with Crippen LogP contribution in [0.3, 0.4) is 0 Å². The van der Waals surface area contributed by atoms with Crippen LogP contribution in [0, 0.1) is 0 Å². The summed E-state index contributed by atoms with van der Waals surface area (Å²) in [4.78, 5) is 7.68. The van der Waals surface area contributed by atoms with Gasteiger partial charge in [0.25, 0.3) is 0 Å². The van der Waals surface area contributed by atoms with Gasteiger partial charge in [0.2, 0.25) is 0 Å². The summed E-state index contributed by atoms with van der Waals surface area (Å²) in [5.74, 6) is 0. The molecule has 1 aliphatic heterocycles. The van der Waals surface area contributed by atoms with Gasteiger partial charge in [-0.25, -0.2) is 0 Å². The van der Waals surface area contributed by atoms with Crippen LogP contribution in [-0.2, 0) is 0 Å². The summed E-state index contributed by atoms with van der Waals surface area (Å²) in [6.07, 6.45) is 1.77. The number of amidine groups is 1. The molecule has 0 aromatic carbocycles. The molecule has 1 radical (unpaired) electrons. The molecule has 1 aliphatic rings. The van der Waals surface area contributed by atoms with E-state index >= 15 is 0 Å². The maximum absolute atomic E-state index is 3.88. The second-order valence-corrected chi connectivity index (χ2v) is 1.70. The van der Waals surface area contributed by atoms with Gasteiger partial charge < -0.3 is 0 Å². The van der Waals surface area contributed by atoms with Crippen LogP contribution in [0.1, 0.15) is 0 Å². The molecule has 0 aliphatic carbocycles. The van der Waals surface area contributed by atoms with Crippen LogP contribution >= 0.6 is 0 Å². The fourth-order valence-electron chi connectivity index (χ4n) is 0.279. The van der Waals surface area contributed by atoms with Crippen molar-refractivity contribution in [2.45, 2.75) is 0 Å². The Kier molecular flexibility index (Phi) is 1.03. The average molecular weight is 146 g/mol. The van der Waals surface area contributed by atoms with E-state index in [2.05, 4.69) is 26.0 Å². The van der Waals surface area contributed by atoms with E-state index in [9.17, 15) is 0 Å². The Labute approximate surface area is 44.2 Å². The van der Waals surface area contributed by atoms with Crippen molar-refractivity contribution >= 4 is 27.0 Å². The monoisotopic (exact) mass is 147 g/mol. The molecule has 1 heterocycles. The number of hydrogen-bond acceptors (Lipinski definition) is 2. The van der Waals surface area contributed by atoms with Gasteiger partial charge in [-0.1, -0.05) is 0 Å². The normalized spacial score (nSPS) is 18.3. The van der Waals surface area contributed by atoms with E-state index < -0.39 is 0 Å². The molecule has 1 rings (SSSR count). The van der Waals surface area contributed by atoms with Crippen LogP contribution in [0.15, 0.2) is 9.98 Å². The maximum atomic E-state index is 3.88. The van der Waals surface area contributed by atoms with Gasteiger partial charge >= 0.3 is 43.5 Å². The van der Waals surface area contributed by atoms with Crippen LogP contribution in [0.2, 0.25) is 0 Å². The summed E-state index contributed by atoms with van der Waals surface area (Å²) in [5.41, 5.74) is 0. The van der Waals surface area contributed by atoms with Crippen molar-refractivity contribution in [3.05, 3.63) is 0 Å². The molecule has 2 nitrogen and oxygen atoms in total. The third-order valence-electron chi connectivity index (χ3n) is 0.510. The number of hydrogen-bond donors (Lipinski definition) is 0.